The minimum absolute atomic E-state index is 0. The van der Waals surface area contributed by atoms with E-state index in [4.69, 9.17) is 0 Å². The van der Waals surface area contributed by atoms with Gasteiger partial charge in [-0.3, -0.25) is 0 Å². The van der Waals surface area contributed by atoms with Gasteiger partial charge in [0, 0.05) is 10.8 Å². The Morgan fingerprint density at radius 2 is 0.776 bits per heavy atom. The first-order chi connectivity index (χ1) is 21.6. The maximum absolute atomic E-state index is 13.9. The molecule has 5 fully saturated rings. The Hall–Kier alpha value is 1.74. The first kappa shape index (κ1) is 50.7. The van der Waals surface area contributed by atoms with Gasteiger partial charge in [-0.15, -0.1) is 0 Å². The van der Waals surface area contributed by atoms with Gasteiger partial charge in [-0.25, -0.2) is 4.20 Å². The summed E-state index contributed by atoms with van der Waals surface area (Å²) in [4.78, 5) is 0. The van der Waals surface area contributed by atoms with E-state index in [0.717, 1.165) is 41.4 Å². The fourth-order valence-corrected chi connectivity index (χ4v) is 22.8. The molecule has 0 amide bonds. The monoisotopic (exact) mass is 785 g/mol. The van der Waals surface area contributed by atoms with E-state index < -0.39 is 8.23 Å². The van der Waals surface area contributed by atoms with E-state index in [2.05, 4.69) is 48.5 Å². The molecule has 0 aliphatic heterocycles. The van der Waals surface area contributed by atoms with Crippen molar-refractivity contribution >= 4 is 24.1 Å². The van der Waals surface area contributed by atoms with Crippen LogP contribution in [0.2, 0.25) is 0 Å². The standard InChI is InChI=1S/C27H52P2.C10H20FP.C5H10.2CH3.Fe/c1-21(29(26(2,3)4)27(5,6)7)24-19-14-20-25(24)28(22-15-10-8-11-16-22)23-17-12-9-13-18-23;1-10(2,3)12(11)9-7-5-4-6-8-9;1-2-4-5-3-1;;;/h21-25H,8-20H2,1-7H3;9H,4-8H2,1-3H3;1-5H2;2*1H3;/q;;;2*-1;+2/t21-,24?,25?;;;;;/m1...../s1. The summed E-state index contributed by atoms with van der Waals surface area (Å²) in [7, 11) is -0.987. The molecule has 294 valence electrons. The maximum Gasteiger partial charge on any atom is 2.00 e. The van der Waals surface area contributed by atoms with E-state index in [1.54, 1.807) is 64.2 Å². The third kappa shape index (κ3) is 16.6. The van der Waals surface area contributed by atoms with E-state index in [-0.39, 0.29) is 52.9 Å². The first-order valence-corrected chi connectivity index (χ1v) is 24.9. The van der Waals surface area contributed by atoms with Crippen LogP contribution in [-0.4, -0.2) is 43.8 Å². The zero-order valence-corrected chi connectivity index (χ0v) is 39.1. The molecular weight excluding hydrogens is 696 g/mol. The zero-order valence-electron chi connectivity index (χ0n) is 35.3. The molecule has 5 rings (SSSR count). The smallest absolute Gasteiger partial charge is 0.358 e. The van der Waals surface area contributed by atoms with Crippen LogP contribution < -0.4 is 0 Å². The van der Waals surface area contributed by atoms with E-state index in [9.17, 15) is 4.20 Å². The van der Waals surface area contributed by atoms with E-state index in [0.29, 0.717) is 16.0 Å². The van der Waals surface area contributed by atoms with E-state index >= 15 is 0 Å². The molecular formula is C44H88FFeP3. The molecule has 0 nitrogen and oxygen atoms in total. The fraction of sp³-hybridized carbons (Fsp3) is 0.955. The van der Waals surface area contributed by atoms with Crippen molar-refractivity contribution in [2.45, 2.75) is 261 Å². The van der Waals surface area contributed by atoms with Crippen LogP contribution in [0.1, 0.15) is 217 Å². The van der Waals surface area contributed by atoms with Gasteiger partial charge in [0.2, 0.25) is 0 Å². The third-order valence-electron chi connectivity index (χ3n) is 12.2. The van der Waals surface area contributed by atoms with Gasteiger partial charge in [0.15, 0.2) is 0 Å². The molecule has 5 aliphatic rings. The van der Waals surface area contributed by atoms with Gasteiger partial charge in [0.25, 0.3) is 0 Å². The fourth-order valence-electron chi connectivity index (χ4n) is 10.7. The molecule has 0 bridgehead atoms. The summed E-state index contributed by atoms with van der Waals surface area (Å²) < 4.78 is 13.9. The minimum Gasteiger partial charge on any atom is -0.358 e. The second-order valence-electron chi connectivity index (χ2n) is 19.2. The summed E-state index contributed by atoms with van der Waals surface area (Å²) >= 11 is 0. The predicted octanol–water partition coefficient (Wildman–Crippen LogP) is 17.1. The van der Waals surface area contributed by atoms with E-state index in [1.165, 1.54) is 70.6 Å². The summed E-state index contributed by atoms with van der Waals surface area (Å²) in [6.07, 6.45) is 33.9. The van der Waals surface area contributed by atoms with Crippen molar-refractivity contribution in [3.8, 4) is 0 Å². The van der Waals surface area contributed by atoms with Crippen LogP contribution in [0, 0.1) is 20.8 Å². The summed E-state index contributed by atoms with van der Waals surface area (Å²) in [5.41, 5.74) is 4.73. The molecule has 0 aromatic carbocycles. The van der Waals surface area contributed by atoms with Crippen LogP contribution in [0.25, 0.3) is 0 Å². The Morgan fingerprint density at radius 1 is 0.449 bits per heavy atom. The molecule has 49 heavy (non-hydrogen) atoms. The minimum atomic E-state index is -1.24. The third-order valence-corrected chi connectivity index (χ3v) is 22.8. The SMILES string of the molecule is C1CCCC1.CC(C)(C)P(F)C1CCCCC1.C[C@H](C1CCCC1P(C1CCCCC1)C1CCCCC1)P(C(C)(C)C)C(C)(C)C.[CH3-].[CH3-].[Fe+2]. The Balaban J connectivity index is 0.000000954. The maximum atomic E-state index is 13.9. The van der Waals surface area contributed by atoms with Gasteiger partial charge in [-0.2, -0.15) is 0 Å². The van der Waals surface area contributed by atoms with Crippen molar-refractivity contribution in [1.82, 2.24) is 0 Å². The van der Waals surface area contributed by atoms with Crippen LogP contribution in [0.15, 0.2) is 0 Å². The van der Waals surface area contributed by atoms with Crippen molar-refractivity contribution in [1.29, 1.82) is 0 Å². The van der Waals surface area contributed by atoms with Gasteiger partial charge >= 0.3 is 17.1 Å². The topological polar surface area (TPSA) is 0 Å². The Bertz CT molecular complexity index is 768. The molecule has 5 heteroatoms. The van der Waals surface area contributed by atoms with Gasteiger partial charge in [0.05, 0.1) is 8.23 Å². The van der Waals surface area contributed by atoms with Gasteiger partial charge in [-0.1, -0.05) is 181 Å². The number of rotatable bonds is 6. The van der Waals surface area contributed by atoms with E-state index in [1.807, 2.05) is 20.8 Å². The normalized spacial score (nSPS) is 25.9. The molecule has 0 heterocycles. The van der Waals surface area contributed by atoms with Crippen LogP contribution in [0.4, 0.5) is 4.20 Å². The van der Waals surface area contributed by atoms with Crippen molar-refractivity contribution in [3.63, 3.8) is 0 Å². The first-order valence-electron chi connectivity index (χ1n) is 20.6. The zero-order chi connectivity index (χ0) is 34.0. The molecule has 0 radical (unpaired) electrons. The van der Waals surface area contributed by atoms with Crippen molar-refractivity contribution < 1.29 is 21.3 Å². The average molecular weight is 785 g/mol. The van der Waals surface area contributed by atoms with Gasteiger partial charge < -0.3 is 14.9 Å². The molecule has 0 N–H and O–H groups in total. The van der Waals surface area contributed by atoms with Crippen molar-refractivity contribution in [2.24, 2.45) is 5.92 Å². The summed E-state index contributed by atoms with van der Waals surface area (Å²) in [6, 6.07) is 0. The van der Waals surface area contributed by atoms with Crippen LogP contribution in [0.3, 0.4) is 0 Å². The quantitative estimate of drug-likeness (QED) is 0.143. The van der Waals surface area contributed by atoms with Crippen LogP contribution >= 0.6 is 24.1 Å². The number of hydrogen-bond acceptors (Lipinski definition) is 0. The predicted molar refractivity (Wildman–Crippen MR) is 228 cm³/mol. The number of halogens is 1. The van der Waals surface area contributed by atoms with Crippen LogP contribution in [0.5, 0.6) is 0 Å². The Labute approximate surface area is 325 Å². The number of hydrogen-bond donors (Lipinski definition) is 0. The average Bonchev–Trinajstić information content (AvgIpc) is 3.73. The molecule has 5 aliphatic carbocycles. The van der Waals surface area contributed by atoms with Gasteiger partial charge in [-0.05, 0) is 90.2 Å². The second-order valence-corrected chi connectivity index (χ2v) is 29.1. The molecule has 4 atom stereocenters. The van der Waals surface area contributed by atoms with Crippen molar-refractivity contribution in [3.05, 3.63) is 14.9 Å². The molecule has 0 aromatic rings. The Kier molecular flexibility index (Phi) is 25.2. The molecule has 5 saturated carbocycles. The molecule has 0 aromatic heterocycles. The summed E-state index contributed by atoms with van der Waals surface area (Å²) in [5, 5.41) is 0.856. The van der Waals surface area contributed by atoms with Crippen molar-refractivity contribution in [2.75, 3.05) is 0 Å². The summed E-state index contributed by atoms with van der Waals surface area (Å²) in [6.45, 7) is 24.1. The molecule has 0 saturated heterocycles. The Morgan fingerprint density at radius 3 is 1.10 bits per heavy atom. The summed E-state index contributed by atoms with van der Waals surface area (Å²) in [5.74, 6) is 1.04. The van der Waals surface area contributed by atoms with Gasteiger partial charge in [0.1, 0.15) is 0 Å². The second kappa shape index (κ2) is 24.3. The van der Waals surface area contributed by atoms with Crippen LogP contribution in [-0.2, 0) is 17.1 Å². The molecule has 3 unspecified atom stereocenters. The molecule has 0 spiro atoms. The largest absolute Gasteiger partial charge is 2.00 e.